The molecule has 0 N–H and O–H groups in total. The Balaban J connectivity index is 2.79. The lowest BCUT2D eigenvalue weighted by atomic mass is 10.1. The predicted molar refractivity (Wildman–Crippen MR) is 74.7 cm³/mol. The number of aromatic nitrogens is 1. The maximum Gasteiger partial charge on any atom is 0.103 e. The molecule has 0 bridgehead atoms. The van der Waals surface area contributed by atoms with Crippen molar-refractivity contribution in [2.45, 2.75) is 26.8 Å². The van der Waals surface area contributed by atoms with Gasteiger partial charge in [0, 0.05) is 11.7 Å². The minimum absolute atomic E-state index is 0.264. The van der Waals surface area contributed by atoms with Crippen molar-refractivity contribution in [2.24, 2.45) is 0 Å². The van der Waals surface area contributed by atoms with E-state index in [9.17, 15) is 5.26 Å². The number of rotatable bonds is 2. The summed E-state index contributed by atoms with van der Waals surface area (Å²) in [5.74, 6) is 0. The molecule has 0 aliphatic rings. The van der Waals surface area contributed by atoms with E-state index in [0.29, 0.717) is 10.6 Å². The van der Waals surface area contributed by atoms with Crippen LogP contribution >= 0.6 is 11.6 Å². The van der Waals surface area contributed by atoms with Crippen LogP contribution in [0.25, 0.3) is 11.3 Å². The molecule has 92 valence electrons. The van der Waals surface area contributed by atoms with Crippen LogP contribution < -0.4 is 0 Å². The van der Waals surface area contributed by atoms with Gasteiger partial charge in [-0.05, 0) is 26.3 Å². The highest BCUT2D eigenvalue weighted by Gasteiger charge is 2.21. The van der Waals surface area contributed by atoms with Gasteiger partial charge in [0.25, 0.3) is 0 Å². The number of hydrogen-bond acceptors (Lipinski definition) is 1. The van der Waals surface area contributed by atoms with Gasteiger partial charge >= 0.3 is 0 Å². The molecule has 0 atom stereocenters. The van der Waals surface area contributed by atoms with E-state index in [2.05, 4.69) is 24.5 Å². The van der Waals surface area contributed by atoms with Gasteiger partial charge in [0.15, 0.2) is 0 Å². The Morgan fingerprint density at radius 3 is 2.33 bits per heavy atom. The maximum atomic E-state index is 9.22. The fraction of sp³-hybridized carbons (Fsp3) is 0.267. The molecule has 0 spiro atoms. The van der Waals surface area contributed by atoms with Gasteiger partial charge in [-0.3, -0.25) is 0 Å². The predicted octanol–water partition coefficient (Wildman–Crippen LogP) is 4.57. The minimum atomic E-state index is 0.264. The van der Waals surface area contributed by atoms with Crippen molar-refractivity contribution < 1.29 is 0 Å². The average molecular weight is 259 g/mol. The second-order valence-electron chi connectivity index (χ2n) is 4.56. The molecule has 0 radical (unpaired) electrons. The maximum absolute atomic E-state index is 9.22. The van der Waals surface area contributed by atoms with Gasteiger partial charge in [0.05, 0.1) is 16.3 Å². The van der Waals surface area contributed by atoms with E-state index in [0.717, 1.165) is 17.0 Å². The number of benzene rings is 1. The fourth-order valence-corrected chi connectivity index (χ4v) is 2.69. The molecule has 1 aromatic heterocycles. The number of halogens is 1. The van der Waals surface area contributed by atoms with Crippen LogP contribution in [0, 0.1) is 18.3 Å². The fourth-order valence-electron chi connectivity index (χ4n) is 2.31. The highest BCUT2D eigenvalue weighted by Crippen LogP contribution is 2.37. The second-order valence-corrected chi connectivity index (χ2v) is 4.94. The smallest absolute Gasteiger partial charge is 0.103 e. The van der Waals surface area contributed by atoms with Gasteiger partial charge < -0.3 is 4.57 Å². The molecule has 0 aliphatic carbocycles. The minimum Gasteiger partial charge on any atom is -0.340 e. The Morgan fingerprint density at radius 2 is 1.83 bits per heavy atom. The van der Waals surface area contributed by atoms with Crippen LogP contribution in [0.15, 0.2) is 30.3 Å². The van der Waals surface area contributed by atoms with Gasteiger partial charge in [-0.1, -0.05) is 41.9 Å². The van der Waals surface area contributed by atoms with E-state index in [1.54, 1.807) is 0 Å². The summed E-state index contributed by atoms with van der Waals surface area (Å²) in [5.41, 5.74) is 3.47. The molecule has 2 rings (SSSR count). The molecule has 0 fully saturated rings. The van der Waals surface area contributed by atoms with Crippen molar-refractivity contribution in [3.63, 3.8) is 0 Å². The molecule has 18 heavy (non-hydrogen) atoms. The van der Waals surface area contributed by atoms with Gasteiger partial charge in [0.1, 0.15) is 6.07 Å². The van der Waals surface area contributed by atoms with Crippen LogP contribution in [0.3, 0.4) is 0 Å². The molecule has 0 amide bonds. The summed E-state index contributed by atoms with van der Waals surface area (Å²) in [6.45, 7) is 6.13. The van der Waals surface area contributed by atoms with Crippen LogP contribution in [-0.4, -0.2) is 4.57 Å². The van der Waals surface area contributed by atoms with E-state index < -0.39 is 0 Å². The molecule has 0 saturated carbocycles. The van der Waals surface area contributed by atoms with Crippen molar-refractivity contribution in [1.82, 2.24) is 4.57 Å². The normalized spacial score (nSPS) is 10.7. The lowest BCUT2D eigenvalue weighted by molar-refractivity contribution is 0.594. The van der Waals surface area contributed by atoms with Crippen molar-refractivity contribution in [2.75, 3.05) is 0 Å². The Kier molecular flexibility index (Phi) is 3.45. The van der Waals surface area contributed by atoms with Gasteiger partial charge in [0.2, 0.25) is 0 Å². The Hall–Kier alpha value is -1.72. The topological polar surface area (TPSA) is 28.7 Å². The lowest BCUT2D eigenvalue weighted by Gasteiger charge is -2.15. The summed E-state index contributed by atoms with van der Waals surface area (Å²) in [4.78, 5) is 0. The first-order chi connectivity index (χ1) is 8.57. The van der Waals surface area contributed by atoms with E-state index in [1.807, 2.05) is 37.3 Å². The summed E-state index contributed by atoms with van der Waals surface area (Å²) >= 11 is 6.37. The number of nitriles is 1. The van der Waals surface area contributed by atoms with E-state index in [4.69, 9.17) is 11.6 Å². The molecular formula is C15H15ClN2. The Morgan fingerprint density at radius 1 is 1.22 bits per heavy atom. The van der Waals surface area contributed by atoms with Crippen LogP contribution in [0.5, 0.6) is 0 Å². The zero-order chi connectivity index (χ0) is 13.3. The summed E-state index contributed by atoms with van der Waals surface area (Å²) in [6.07, 6.45) is 0. The molecule has 1 aromatic carbocycles. The largest absolute Gasteiger partial charge is 0.340 e. The summed E-state index contributed by atoms with van der Waals surface area (Å²) < 4.78 is 2.12. The summed E-state index contributed by atoms with van der Waals surface area (Å²) in [6, 6.07) is 12.4. The number of nitrogens with zero attached hydrogens (tertiary/aromatic N) is 2. The van der Waals surface area contributed by atoms with Gasteiger partial charge in [-0.2, -0.15) is 5.26 Å². The van der Waals surface area contributed by atoms with Crippen molar-refractivity contribution >= 4 is 11.6 Å². The van der Waals surface area contributed by atoms with Crippen LogP contribution in [0.4, 0.5) is 0 Å². The Labute approximate surface area is 112 Å². The van der Waals surface area contributed by atoms with Crippen molar-refractivity contribution in [3.8, 4) is 17.3 Å². The molecule has 1 heterocycles. The first-order valence-corrected chi connectivity index (χ1v) is 6.31. The molecule has 0 saturated heterocycles. The second kappa shape index (κ2) is 4.88. The molecule has 2 nitrogen and oxygen atoms in total. The van der Waals surface area contributed by atoms with Crippen LogP contribution in [-0.2, 0) is 0 Å². The first-order valence-electron chi connectivity index (χ1n) is 5.93. The molecule has 3 heteroatoms. The van der Waals surface area contributed by atoms with Gasteiger partial charge in [-0.15, -0.1) is 0 Å². The first kappa shape index (κ1) is 12.7. The average Bonchev–Trinajstić information content (AvgIpc) is 2.61. The molecule has 0 aliphatic heterocycles. The molecule has 0 unspecified atom stereocenters. The standard InChI is InChI=1S/C15H15ClN2/c1-10(2)18-11(3)13(9-17)14(16)15(18)12-7-5-4-6-8-12/h4-8,10H,1-3H3. The van der Waals surface area contributed by atoms with Crippen LogP contribution in [0.1, 0.15) is 31.1 Å². The third kappa shape index (κ3) is 1.91. The van der Waals surface area contributed by atoms with Crippen molar-refractivity contribution in [1.29, 1.82) is 5.26 Å². The number of hydrogen-bond donors (Lipinski definition) is 0. The zero-order valence-corrected chi connectivity index (χ0v) is 11.5. The third-order valence-electron chi connectivity index (χ3n) is 3.07. The van der Waals surface area contributed by atoms with E-state index in [1.165, 1.54) is 0 Å². The molecule has 2 aromatic rings. The third-order valence-corrected chi connectivity index (χ3v) is 3.43. The highest BCUT2D eigenvalue weighted by atomic mass is 35.5. The quantitative estimate of drug-likeness (QED) is 0.776. The van der Waals surface area contributed by atoms with Crippen molar-refractivity contribution in [3.05, 3.63) is 46.6 Å². The van der Waals surface area contributed by atoms with Gasteiger partial charge in [-0.25, -0.2) is 0 Å². The van der Waals surface area contributed by atoms with Crippen LogP contribution in [0.2, 0.25) is 5.02 Å². The summed E-state index contributed by atoms with van der Waals surface area (Å²) in [5, 5.41) is 9.77. The monoisotopic (exact) mass is 258 g/mol. The highest BCUT2D eigenvalue weighted by molar-refractivity contribution is 6.34. The summed E-state index contributed by atoms with van der Waals surface area (Å²) in [7, 11) is 0. The SMILES string of the molecule is Cc1c(C#N)c(Cl)c(-c2ccccc2)n1C(C)C. The lowest BCUT2D eigenvalue weighted by Crippen LogP contribution is -2.05. The molecular weight excluding hydrogens is 244 g/mol. The zero-order valence-electron chi connectivity index (χ0n) is 10.7. The Bertz CT molecular complexity index is 604. The van der Waals surface area contributed by atoms with E-state index in [-0.39, 0.29) is 6.04 Å². The van der Waals surface area contributed by atoms with E-state index >= 15 is 0 Å².